The molecule has 0 atom stereocenters. The van der Waals surface area contributed by atoms with Crippen LogP contribution in [0.15, 0.2) is 73.5 Å². The summed E-state index contributed by atoms with van der Waals surface area (Å²) in [5.74, 6) is -0.592. The fraction of sp³-hybridized carbons (Fsp3) is 0.136. The molecule has 1 aromatic heterocycles. The van der Waals surface area contributed by atoms with Crippen LogP contribution in [0, 0.1) is 0 Å². The number of carbonyl (C=O) groups excluding carboxylic acids is 2. The number of hydrogen-bond donors (Lipinski definition) is 3. The average Bonchev–Trinajstić information content (AvgIpc) is 3.31. The van der Waals surface area contributed by atoms with Crippen LogP contribution in [-0.2, 0) is 26.2 Å². The number of methoxy groups -OCH3 is 2. The van der Waals surface area contributed by atoms with Crippen LogP contribution in [0.5, 0.6) is 11.5 Å². The van der Waals surface area contributed by atoms with Gasteiger partial charge in [-0.1, -0.05) is 15.9 Å². The summed E-state index contributed by atoms with van der Waals surface area (Å²) in [5.41, 5.74) is 2.36. The summed E-state index contributed by atoms with van der Waals surface area (Å²) in [5, 5.41) is 6.09. The number of hydrazone groups is 1. The molecule has 0 fully saturated rings. The fourth-order valence-electron chi connectivity index (χ4n) is 2.71. The number of furan rings is 1. The summed E-state index contributed by atoms with van der Waals surface area (Å²) in [6, 6.07) is 13.9. The van der Waals surface area contributed by atoms with Crippen molar-refractivity contribution in [3.05, 3.63) is 70.6 Å². The number of benzene rings is 2. The molecule has 3 N–H and O–H groups in total. The molecule has 2 amide bonds. The van der Waals surface area contributed by atoms with Crippen LogP contribution in [-0.4, -0.2) is 40.7 Å². The van der Waals surface area contributed by atoms with Crippen molar-refractivity contribution in [3.63, 3.8) is 0 Å². The van der Waals surface area contributed by atoms with Gasteiger partial charge in [-0.2, -0.15) is 5.10 Å². The largest absolute Gasteiger partial charge is 0.497 e. The first-order chi connectivity index (χ1) is 16.7. The molecular weight excluding hydrogens is 544 g/mol. The molecule has 184 valence electrons. The van der Waals surface area contributed by atoms with E-state index in [2.05, 4.69) is 36.5 Å². The van der Waals surface area contributed by atoms with Gasteiger partial charge in [-0.3, -0.25) is 9.59 Å². The summed E-state index contributed by atoms with van der Waals surface area (Å²) in [4.78, 5) is 24.3. The standard InChI is InChI=1S/C22H21BrN4O7S/c1-32-15-7-10-19(20(11-15)33-2)26-21(28)22(29)27-24-12-16-5-6-17(34-16)13-25-35(30,31)18-8-3-14(23)4-9-18/h3-12,25H,13H2,1-2H3,(H,26,28)(H,27,29)/b24-12+. The number of nitrogens with one attached hydrogen (secondary N) is 3. The van der Waals surface area contributed by atoms with Gasteiger partial charge in [0.2, 0.25) is 10.0 Å². The first-order valence-corrected chi connectivity index (χ1v) is 12.2. The molecule has 0 radical (unpaired) electrons. The third-order valence-corrected chi connectivity index (χ3v) is 6.41. The Morgan fingerprint density at radius 2 is 1.77 bits per heavy atom. The highest BCUT2D eigenvalue weighted by atomic mass is 79.9. The Morgan fingerprint density at radius 1 is 1.03 bits per heavy atom. The van der Waals surface area contributed by atoms with Gasteiger partial charge in [0.05, 0.1) is 37.6 Å². The van der Waals surface area contributed by atoms with Crippen molar-refractivity contribution >= 4 is 49.7 Å². The van der Waals surface area contributed by atoms with Crippen molar-refractivity contribution < 1.29 is 31.9 Å². The van der Waals surface area contributed by atoms with E-state index in [1.165, 1.54) is 44.7 Å². The minimum absolute atomic E-state index is 0.0926. The van der Waals surface area contributed by atoms with E-state index in [9.17, 15) is 18.0 Å². The lowest BCUT2D eigenvalue weighted by Gasteiger charge is -2.10. The van der Waals surface area contributed by atoms with Crippen molar-refractivity contribution in [2.24, 2.45) is 5.10 Å². The smallest absolute Gasteiger partial charge is 0.329 e. The summed E-state index contributed by atoms with van der Waals surface area (Å²) >= 11 is 3.25. The Kier molecular flexibility index (Phi) is 8.63. The number of sulfonamides is 1. The van der Waals surface area contributed by atoms with E-state index >= 15 is 0 Å². The summed E-state index contributed by atoms with van der Waals surface area (Å²) in [6.07, 6.45) is 1.17. The van der Waals surface area contributed by atoms with Crippen molar-refractivity contribution in [2.75, 3.05) is 19.5 Å². The molecule has 2 aromatic carbocycles. The van der Waals surface area contributed by atoms with Gasteiger partial charge in [0.15, 0.2) is 0 Å². The molecule has 0 unspecified atom stereocenters. The Morgan fingerprint density at radius 3 is 2.46 bits per heavy atom. The molecule has 13 heteroatoms. The quantitative estimate of drug-likeness (QED) is 0.205. The van der Waals surface area contributed by atoms with Crippen LogP contribution in [0.25, 0.3) is 0 Å². The Hall–Kier alpha value is -3.68. The van der Waals surface area contributed by atoms with Crippen LogP contribution in [0.4, 0.5) is 5.69 Å². The fourth-order valence-corrected chi connectivity index (χ4v) is 3.97. The van der Waals surface area contributed by atoms with Gasteiger partial charge in [0, 0.05) is 10.5 Å². The first-order valence-electron chi connectivity index (χ1n) is 9.92. The van der Waals surface area contributed by atoms with E-state index < -0.39 is 21.8 Å². The monoisotopic (exact) mass is 564 g/mol. The van der Waals surface area contributed by atoms with Crippen LogP contribution < -0.4 is 24.9 Å². The molecule has 0 saturated carbocycles. The van der Waals surface area contributed by atoms with Crippen molar-refractivity contribution in [3.8, 4) is 11.5 Å². The van der Waals surface area contributed by atoms with E-state index in [0.717, 1.165) is 4.47 Å². The Bertz CT molecular complexity index is 1340. The highest BCUT2D eigenvalue weighted by Gasteiger charge is 2.16. The second kappa shape index (κ2) is 11.6. The predicted molar refractivity (Wildman–Crippen MR) is 131 cm³/mol. The molecule has 0 saturated heterocycles. The Balaban J connectivity index is 1.52. The van der Waals surface area contributed by atoms with Crippen molar-refractivity contribution in [2.45, 2.75) is 11.4 Å². The first kappa shape index (κ1) is 25.9. The van der Waals surface area contributed by atoms with Gasteiger partial charge >= 0.3 is 11.8 Å². The van der Waals surface area contributed by atoms with Crippen molar-refractivity contribution in [1.29, 1.82) is 0 Å². The van der Waals surface area contributed by atoms with Gasteiger partial charge in [0.25, 0.3) is 0 Å². The lowest BCUT2D eigenvalue weighted by atomic mass is 10.2. The number of ether oxygens (including phenoxy) is 2. The molecule has 0 bridgehead atoms. The third-order valence-electron chi connectivity index (χ3n) is 4.46. The summed E-state index contributed by atoms with van der Waals surface area (Å²) in [6.45, 7) is -0.0926. The van der Waals surface area contributed by atoms with Gasteiger partial charge in [-0.15, -0.1) is 0 Å². The van der Waals surface area contributed by atoms with Gasteiger partial charge in [0.1, 0.15) is 23.0 Å². The minimum atomic E-state index is -3.72. The zero-order valence-electron chi connectivity index (χ0n) is 18.6. The molecule has 0 spiro atoms. The van der Waals surface area contributed by atoms with Crippen LogP contribution in [0.2, 0.25) is 0 Å². The second-order valence-electron chi connectivity index (χ2n) is 6.80. The molecule has 35 heavy (non-hydrogen) atoms. The summed E-state index contributed by atoms with van der Waals surface area (Å²) in [7, 11) is -0.817. The lowest BCUT2D eigenvalue weighted by molar-refractivity contribution is -0.136. The topological polar surface area (TPSA) is 148 Å². The van der Waals surface area contributed by atoms with E-state index in [1.54, 1.807) is 30.3 Å². The van der Waals surface area contributed by atoms with Crippen molar-refractivity contribution in [1.82, 2.24) is 10.1 Å². The average molecular weight is 565 g/mol. The predicted octanol–water partition coefficient (Wildman–Crippen LogP) is 2.63. The van der Waals surface area contributed by atoms with E-state index in [1.807, 2.05) is 0 Å². The Labute approximate surface area is 209 Å². The maximum Gasteiger partial charge on any atom is 0.329 e. The number of halogens is 1. The zero-order valence-corrected chi connectivity index (χ0v) is 21.0. The molecule has 3 aromatic rings. The zero-order chi connectivity index (χ0) is 25.4. The number of anilines is 1. The third kappa shape index (κ3) is 7.15. The molecule has 3 rings (SSSR count). The van der Waals surface area contributed by atoms with Gasteiger partial charge < -0.3 is 19.2 Å². The lowest BCUT2D eigenvalue weighted by Crippen LogP contribution is -2.32. The van der Waals surface area contributed by atoms with Gasteiger partial charge in [-0.25, -0.2) is 18.6 Å². The van der Waals surface area contributed by atoms with Crippen LogP contribution in [0.3, 0.4) is 0 Å². The summed E-state index contributed by atoms with van der Waals surface area (Å²) < 4.78 is 43.6. The molecule has 0 aliphatic carbocycles. The highest BCUT2D eigenvalue weighted by Crippen LogP contribution is 2.28. The SMILES string of the molecule is COc1ccc(NC(=O)C(=O)N/N=C/c2ccc(CNS(=O)(=O)c3ccc(Br)cc3)o2)c(OC)c1. The van der Waals surface area contributed by atoms with Gasteiger partial charge in [-0.05, 0) is 48.5 Å². The maximum absolute atomic E-state index is 12.3. The number of carbonyl (C=O) groups is 2. The second-order valence-corrected chi connectivity index (χ2v) is 9.48. The number of hydrogen-bond acceptors (Lipinski definition) is 8. The van der Waals surface area contributed by atoms with E-state index in [0.29, 0.717) is 17.3 Å². The van der Waals surface area contributed by atoms with E-state index in [-0.39, 0.29) is 22.9 Å². The number of nitrogens with zero attached hydrogens (tertiary/aromatic N) is 1. The van der Waals surface area contributed by atoms with Crippen LogP contribution >= 0.6 is 15.9 Å². The molecule has 0 aliphatic heterocycles. The number of rotatable bonds is 9. The highest BCUT2D eigenvalue weighted by molar-refractivity contribution is 9.10. The molecular formula is C22H21BrN4O7S. The molecule has 0 aliphatic rings. The normalized spacial score (nSPS) is 11.3. The van der Waals surface area contributed by atoms with E-state index in [4.69, 9.17) is 13.9 Å². The van der Waals surface area contributed by atoms with Crippen LogP contribution in [0.1, 0.15) is 11.5 Å². The number of amides is 2. The minimum Gasteiger partial charge on any atom is -0.497 e. The molecule has 11 nitrogen and oxygen atoms in total. The molecule has 1 heterocycles. The maximum atomic E-state index is 12.3.